The Hall–Kier alpha value is -1.16. The van der Waals surface area contributed by atoms with E-state index in [1.54, 1.807) is 0 Å². The Bertz CT molecular complexity index is 435. The van der Waals surface area contributed by atoms with Crippen molar-refractivity contribution in [2.45, 2.75) is 24.3 Å². The molecule has 2 aliphatic rings. The van der Waals surface area contributed by atoms with Crippen molar-refractivity contribution in [2.24, 2.45) is 11.7 Å². The van der Waals surface area contributed by atoms with Crippen LogP contribution in [0.3, 0.4) is 0 Å². The molecule has 0 radical (unpaired) electrons. The number of benzene rings is 1. The summed E-state index contributed by atoms with van der Waals surface area (Å²) in [6.45, 7) is 0.295. The third-order valence-electron chi connectivity index (χ3n) is 3.68. The molecule has 1 heterocycles. The topological polar surface area (TPSA) is 35.2 Å². The van der Waals surface area contributed by atoms with Crippen molar-refractivity contribution >= 4 is 0 Å². The molecular formula is C12H13F2NO. The van der Waals surface area contributed by atoms with Crippen LogP contribution >= 0.6 is 0 Å². The molecule has 1 aromatic rings. The lowest BCUT2D eigenvalue weighted by molar-refractivity contribution is 0.0571. The minimum atomic E-state index is -2.71. The van der Waals surface area contributed by atoms with Gasteiger partial charge in [-0.2, -0.15) is 0 Å². The second-order valence-electron chi connectivity index (χ2n) is 4.74. The number of ether oxygens (including phenoxy) is 1. The number of para-hydroxylation sites is 1. The van der Waals surface area contributed by atoms with E-state index in [-0.39, 0.29) is 12.3 Å². The monoisotopic (exact) mass is 225 g/mol. The molecule has 86 valence electrons. The zero-order valence-electron chi connectivity index (χ0n) is 8.75. The van der Waals surface area contributed by atoms with Crippen molar-refractivity contribution in [3.05, 3.63) is 29.8 Å². The van der Waals surface area contributed by atoms with Crippen LogP contribution in [0.15, 0.2) is 24.3 Å². The molecule has 4 heteroatoms. The molecule has 0 saturated heterocycles. The molecule has 2 unspecified atom stereocenters. The Labute approximate surface area is 92.4 Å². The fraction of sp³-hybridized carbons (Fsp3) is 0.500. The standard InChI is InChI=1S/C12H13F2NO/c13-12(14)7-11(12,15)9-5-8-3-1-2-4-10(8)16-6-9/h1-4,9H,5-7,15H2. The Morgan fingerprint density at radius 3 is 2.69 bits per heavy atom. The van der Waals surface area contributed by atoms with Gasteiger partial charge < -0.3 is 10.5 Å². The van der Waals surface area contributed by atoms with Gasteiger partial charge in [0, 0.05) is 12.3 Å². The summed E-state index contributed by atoms with van der Waals surface area (Å²) in [5, 5.41) is 0. The van der Waals surface area contributed by atoms with Gasteiger partial charge in [0.05, 0.1) is 12.1 Å². The zero-order valence-corrected chi connectivity index (χ0v) is 8.75. The summed E-state index contributed by atoms with van der Waals surface area (Å²) in [6.07, 6.45) is 0.373. The average molecular weight is 225 g/mol. The summed E-state index contributed by atoms with van der Waals surface area (Å²) < 4.78 is 31.8. The first kappa shape index (κ1) is 10.0. The van der Waals surface area contributed by atoms with E-state index >= 15 is 0 Å². The van der Waals surface area contributed by atoms with E-state index in [9.17, 15) is 8.78 Å². The van der Waals surface area contributed by atoms with E-state index in [0.29, 0.717) is 13.0 Å². The van der Waals surface area contributed by atoms with Crippen molar-refractivity contribution in [2.75, 3.05) is 6.61 Å². The Kier molecular flexibility index (Phi) is 1.84. The van der Waals surface area contributed by atoms with Gasteiger partial charge in [0.2, 0.25) is 0 Å². The van der Waals surface area contributed by atoms with E-state index in [2.05, 4.69) is 0 Å². The molecule has 2 N–H and O–H groups in total. The number of fused-ring (bicyclic) bond motifs is 1. The second kappa shape index (κ2) is 2.94. The molecule has 1 saturated carbocycles. The Morgan fingerprint density at radius 1 is 1.31 bits per heavy atom. The van der Waals surface area contributed by atoms with Crippen LogP contribution < -0.4 is 10.5 Å². The zero-order chi connectivity index (χ0) is 11.4. The summed E-state index contributed by atoms with van der Waals surface area (Å²) in [5.41, 5.74) is 5.36. The van der Waals surface area contributed by atoms with Crippen LogP contribution in [-0.2, 0) is 6.42 Å². The van der Waals surface area contributed by atoms with Gasteiger partial charge in [-0.05, 0) is 18.1 Å². The van der Waals surface area contributed by atoms with Gasteiger partial charge in [0.25, 0.3) is 5.92 Å². The second-order valence-corrected chi connectivity index (χ2v) is 4.74. The molecule has 0 bridgehead atoms. The highest BCUT2D eigenvalue weighted by atomic mass is 19.3. The predicted molar refractivity (Wildman–Crippen MR) is 55.6 cm³/mol. The third-order valence-corrected chi connectivity index (χ3v) is 3.68. The van der Waals surface area contributed by atoms with Gasteiger partial charge in [0.15, 0.2) is 0 Å². The third kappa shape index (κ3) is 1.26. The first-order chi connectivity index (χ1) is 7.53. The molecule has 1 aliphatic carbocycles. The van der Waals surface area contributed by atoms with Crippen molar-refractivity contribution in [3.63, 3.8) is 0 Å². The Balaban J connectivity index is 1.84. The van der Waals surface area contributed by atoms with Gasteiger partial charge in [-0.1, -0.05) is 18.2 Å². The highest BCUT2D eigenvalue weighted by Gasteiger charge is 2.72. The molecule has 2 nitrogen and oxygen atoms in total. The van der Waals surface area contributed by atoms with Crippen LogP contribution in [0.1, 0.15) is 12.0 Å². The summed E-state index contributed by atoms with van der Waals surface area (Å²) in [5.74, 6) is -2.20. The maximum absolute atomic E-state index is 13.2. The SMILES string of the molecule is NC1(C2COc3ccccc3C2)CC1(F)F. The molecule has 1 fully saturated rings. The van der Waals surface area contributed by atoms with Crippen LogP contribution in [0, 0.1) is 5.92 Å². The van der Waals surface area contributed by atoms with Gasteiger partial charge in [-0.15, -0.1) is 0 Å². The fourth-order valence-electron chi connectivity index (χ4n) is 2.43. The van der Waals surface area contributed by atoms with Gasteiger partial charge in [-0.3, -0.25) is 0 Å². The van der Waals surface area contributed by atoms with E-state index in [4.69, 9.17) is 10.5 Å². The summed E-state index contributed by atoms with van der Waals surface area (Å²) in [7, 11) is 0. The smallest absolute Gasteiger partial charge is 0.268 e. The number of nitrogens with two attached hydrogens (primary N) is 1. The van der Waals surface area contributed by atoms with Crippen LogP contribution in [0.25, 0.3) is 0 Å². The molecule has 16 heavy (non-hydrogen) atoms. The van der Waals surface area contributed by atoms with Crippen molar-refractivity contribution < 1.29 is 13.5 Å². The fourth-order valence-corrected chi connectivity index (χ4v) is 2.43. The highest BCUT2D eigenvalue weighted by Crippen LogP contribution is 2.56. The van der Waals surface area contributed by atoms with E-state index in [1.165, 1.54) is 0 Å². The minimum absolute atomic E-state index is 0.212. The van der Waals surface area contributed by atoms with Crippen LogP contribution in [0.5, 0.6) is 5.75 Å². The number of rotatable bonds is 1. The van der Waals surface area contributed by atoms with Crippen molar-refractivity contribution in [1.82, 2.24) is 0 Å². The lowest BCUT2D eigenvalue weighted by Crippen LogP contribution is -2.44. The van der Waals surface area contributed by atoms with Gasteiger partial charge in [-0.25, -0.2) is 8.78 Å². The number of hydrogen-bond acceptors (Lipinski definition) is 2. The number of halogens is 2. The molecule has 1 aromatic carbocycles. The summed E-state index contributed by atoms with van der Waals surface area (Å²) in [4.78, 5) is 0. The minimum Gasteiger partial charge on any atom is -0.493 e. The largest absolute Gasteiger partial charge is 0.493 e. The highest BCUT2D eigenvalue weighted by molar-refractivity contribution is 5.37. The normalized spacial score (nSPS) is 35.1. The maximum atomic E-state index is 13.2. The first-order valence-corrected chi connectivity index (χ1v) is 5.40. The lowest BCUT2D eigenvalue weighted by Gasteiger charge is -2.29. The quantitative estimate of drug-likeness (QED) is 0.793. The Morgan fingerprint density at radius 2 is 2.00 bits per heavy atom. The van der Waals surface area contributed by atoms with Crippen LogP contribution in [0.4, 0.5) is 8.78 Å². The first-order valence-electron chi connectivity index (χ1n) is 5.40. The van der Waals surface area contributed by atoms with Crippen LogP contribution in [0.2, 0.25) is 0 Å². The number of hydrogen-bond donors (Lipinski definition) is 1. The molecule has 0 aromatic heterocycles. The van der Waals surface area contributed by atoms with E-state index < -0.39 is 11.5 Å². The van der Waals surface area contributed by atoms with E-state index in [1.807, 2.05) is 24.3 Å². The molecule has 0 spiro atoms. The van der Waals surface area contributed by atoms with Crippen molar-refractivity contribution in [3.8, 4) is 5.75 Å². The van der Waals surface area contributed by atoms with Crippen LogP contribution in [-0.4, -0.2) is 18.1 Å². The molecule has 2 atom stereocenters. The van der Waals surface area contributed by atoms with Gasteiger partial charge >= 0.3 is 0 Å². The summed E-state index contributed by atoms with van der Waals surface area (Å²) in [6, 6.07) is 7.53. The predicted octanol–water partition coefficient (Wildman–Crippen LogP) is 1.97. The average Bonchev–Trinajstić information content (AvgIpc) is 2.79. The molecule has 3 rings (SSSR count). The molecular weight excluding hydrogens is 212 g/mol. The van der Waals surface area contributed by atoms with Gasteiger partial charge in [0.1, 0.15) is 5.75 Å². The summed E-state index contributed by atoms with van der Waals surface area (Å²) >= 11 is 0. The molecule has 1 aliphatic heterocycles. The lowest BCUT2D eigenvalue weighted by atomic mass is 9.88. The number of alkyl halides is 2. The van der Waals surface area contributed by atoms with Crippen molar-refractivity contribution in [1.29, 1.82) is 0 Å². The van der Waals surface area contributed by atoms with E-state index in [0.717, 1.165) is 11.3 Å². The molecule has 0 amide bonds. The maximum Gasteiger partial charge on any atom is 0.268 e.